The lowest BCUT2D eigenvalue weighted by atomic mass is 9.80. The van der Waals surface area contributed by atoms with E-state index in [1.807, 2.05) is 18.2 Å². The molecule has 30 heavy (non-hydrogen) atoms. The number of halogens is 2. The highest BCUT2D eigenvalue weighted by atomic mass is 19.1. The zero-order valence-electron chi connectivity index (χ0n) is 16.4. The quantitative estimate of drug-likeness (QED) is 0.733. The molecule has 158 valence electrons. The molecule has 2 aliphatic heterocycles. The molecule has 2 heterocycles. The van der Waals surface area contributed by atoms with Gasteiger partial charge < -0.3 is 20.1 Å². The summed E-state index contributed by atoms with van der Waals surface area (Å²) in [6, 6.07) is 8.85. The molecule has 8 heteroatoms. The van der Waals surface area contributed by atoms with Crippen LogP contribution < -0.4 is 10.6 Å². The Bertz CT molecular complexity index is 961. The highest BCUT2D eigenvalue weighted by molar-refractivity contribution is 5.83. The van der Waals surface area contributed by atoms with E-state index in [0.29, 0.717) is 12.2 Å². The smallest absolute Gasteiger partial charge is 0.325 e. The van der Waals surface area contributed by atoms with Crippen LogP contribution in [0.1, 0.15) is 35.3 Å². The third kappa shape index (κ3) is 4.14. The molecule has 0 spiro atoms. The van der Waals surface area contributed by atoms with Crippen LogP contribution in [0.5, 0.6) is 0 Å². The SMILES string of the molecule is COC(=O)CNC(=O)Cc1ccc2c(c1)[C@@H]1OCC[C@@H]1[C@@H](c1cc(F)cc(F)c1)N2. The summed E-state index contributed by atoms with van der Waals surface area (Å²) in [5.74, 6) is -2.01. The Kier molecular flexibility index (Phi) is 5.67. The average molecular weight is 416 g/mol. The number of carbonyl (C=O) groups excluding carboxylic acids is 2. The number of methoxy groups -OCH3 is 1. The Morgan fingerprint density at radius 2 is 1.97 bits per heavy atom. The third-order valence-electron chi connectivity index (χ3n) is 5.57. The van der Waals surface area contributed by atoms with E-state index >= 15 is 0 Å². The van der Waals surface area contributed by atoms with Crippen molar-refractivity contribution in [2.75, 3.05) is 25.6 Å². The van der Waals surface area contributed by atoms with E-state index in [2.05, 4.69) is 15.4 Å². The number of fused-ring (bicyclic) bond motifs is 3. The van der Waals surface area contributed by atoms with Crippen molar-refractivity contribution in [3.63, 3.8) is 0 Å². The van der Waals surface area contributed by atoms with Gasteiger partial charge in [-0.3, -0.25) is 9.59 Å². The minimum absolute atomic E-state index is 0.0158. The maximum Gasteiger partial charge on any atom is 0.325 e. The first-order chi connectivity index (χ1) is 14.4. The van der Waals surface area contributed by atoms with E-state index < -0.39 is 17.6 Å². The molecule has 2 aliphatic rings. The molecule has 2 aromatic rings. The predicted octanol–water partition coefficient (Wildman–Crippen LogP) is 3.04. The topological polar surface area (TPSA) is 76.7 Å². The average Bonchev–Trinajstić information content (AvgIpc) is 3.21. The van der Waals surface area contributed by atoms with E-state index in [0.717, 1.165) is 29.3 Å². The van der Waals surface area contributed by atoms with Crippen LogP contribution in [0.15, 0.2) is 36.4 Å². The van der Waals surface area contributed by atoms with E-state index in [1.165, 1.54) is 19.2 Å². The second kappa shape index (κ2) is 8.39. The van der Waals surface area contributed by atoms with Crippen LogP contribution in [0.25, 0.3) is 0 Å². The van der Waals surface area contributed by atoms with Gasteiger partial charge in [-0.25, -0.2) is 8.78 Å². The fraction of sp³-hybridized carbons (Fsp3) is 0.364. The number of rotatable bonds is 5. The van der Waals surface area contributed by atoms with Crippen LogP contribution >= 0.6 is 0 Å². The number of hydrogen-bond acceptors (Lipinski definition) is 5. The van der Waals surface area contributed by atoms with E-state index in [1.54, 1.807) is 0 Å². The molecule has 1 amide bonds. The zero-order valence-corrected chi connectivity index (χ0v) is 16.4. The van der Waals surface area contributed by atoms with Gasteiger partial charge in [0.25, 0.3) is 0 Å². The number of amides is 1. The number of carbonyl (C=O) groups is 2. The molecule has 3 atom stereocenters. The standard InChI is InChI=1S/C22H22F2N2O4/c1-29-20(28)11-25-19(27)7-12-2-3-18-17(6-12)22-16(4-5-30-22)21(26-18)13-8-14(23)10-15(24)9-13/h2-3,6,8-10,16,21-22,26H,4-5,7,11H2,1H3,(H,25,27)/t16-,21-,22-/m1/s1. The van der Waals surface area contributed by atoms with Gasteiger partial charge in [0.1, 0.15) is 18.2 Å². The van der Waals surface area contributed by atoms with Crippen molar-refractivity contribution in [3.05, 3.63) is 64.7 Å². The molecule has 0 bridgehead atoms. The summed E-state index contributed by atoms with van der Waals surface area (Å²) in [4.78, 5) is 23.3. The molecule has 0 saturated carbocycles. The van der Waals surface area contributed by atoms with Crippen molar-refractivity contribution in [1.82, 2.24) is 5.32 Å². The van der Waals surface area contributed by atoms with Gasteiger partial charge in [0.2, 0.25) is 5.91 Å². The number of hydrogen-bond donors (Lipinski definition) is 2. The highest BCUT2D eigenvalue weighted by Gasteiger charge is 2.41. The van der Waals surface area contributed by atoms with Gasteiger partial charge in [-0.05, 0) is 35.7 Å². The highest BCUT2D eigenvalue weighted by Crippen LogP contribution is 2.50. The summed E-state index contributed by atoms with van der Waals surface area (Å²) >= 11 is 0. The van der Waals surface area contributed by atoms with Crippen molar-refractivity contribution in [2.45, 2.75) is 25.0 Å². The van der Waals surface area contributed by atoms with Gasteiger partial charge >= 0.3 is 5.97 Å². The molecule has 0 aromatic heterocycles. The van der Waals surface area contributed by atoms with E-state index in [-0.39, 0.29) is 36.9 Å². The Balaban J connectivity index is 1.55. The lowest BCUT2D eigenvalue weighted by molar-refractivity contribution is -0.141. The Morgan fingerprint density at radius 3 is 2.70 bits per heavy atom. The summed E-state index contributed by atoms with van der Waals surface area (Å²) in [6.45, 7) is 0.371. The summed E-state index contributed by atoms with van der Waals surface area (Å²) in [7, 11) is 1.26. The first kappa shape index (κ1) is 20.3. The summed E-state index contributed by atoms with van der Waals surface area (Å²) in [5, 5.41) is 5.91. The van der Waals surface area contributed by atoms with Crippen LogP contribution in [0.4, 0.5) is 14.5 Å². The lowest BCUT2D eigenvalue weighted by Gasteiger charge is -2.36. The molecular weight excluding hydrogens is 394 g/mol. The zero-order chi connectivity index (χ0) is 21.3. The van der Waals surface area contributed by atoms with Crippen molar-refractivity contribution in [1.29, 1.82) is 0 Å². The van der Waals surface area contributed by atoms with Crippen LogP contribution in [0.2, 0.25) is 0 Å². The Hall–Kier alpha value is -3.00. The molecule has 2 N–H and O–H groups in total. The minimum Gasteiger partial charge on any atom is -0.468 e. The van der Waals surface area contributed by atoms with Crippen LogP contribution in [-0.2, 0) is 25.5 Å². The van der Waals surface area contributed by atoms with Crippen molar-refractivity contribution >= 4 is 17.6 Å². The second-order valence-electron chi connectivity index (χ2n) is 7.52. The minimum atomic E-state index is -0.610. The van der Waals surface area contributed by atoms with Gasteiger partial charge in [0, 0.05) is 29.8 Å². The van der Waals surface area contributed by atoms with Gasteiger partial charge in [-0.2, -0.15) is 0 Å². The Morgan fingerprint density at radius 1 is 1.20 bits per heavy atom. The predicted molar refractivity (Wildman–Crippen MR) is 105 cm³/mol. The number of nitrogens with one attached hydrogen (secondary N) is 2. The molecule has 2 aromatic carbocycles. The molecule has 6 nitrogen and oxygen atoms in total. The fourth-order valence-electron chi connectivity index (χ4n) is 4.21. The van der Waals surface area contributed by atoms with Crippen molar-refractivity contribution in [3.8, 4) is 0 Å². The largest absolute Gasteiger partial charge is 0.468 e. The Labute approximate surface area is 172 Å². The summed E-state index contributed by atoms with van der Waals surface area (Å²) in [6.07, 6.45) is 0.639. The van der Waals surface area contributed by atoms with Crippen LogP contribution in [0.3, 0.4) is 0 Å². The van der Waals surface area contributed by atoms with Crippen molar-refractivity contribution in [2.24, 2.45) is 5.92 Å². The lowest BCUT2D eigenvalue weighted by Crippen LogP contribution is -2.32. The molecule has 0 unspecified atom stereocenters. The molecular formula is C22H22F2N2O4. The first-order valence-corrected chi connectivity index (χ1v) is 9.75. The number of esters is 1. The van der Waals surface area contributed by atoms with E-state index in [4.69, 9.17) is 4.74 Å². The van der Waals surface area contributed by atoms with Crippen LogP contribution in [-0.4, -0.2) is 32.1 Å². The summed E-state index contributed by atoms with van der Waals surface area (Å²) in [5.41, 5.74) is 3.06. The molecule has 1 saturated heterocycles. The maximum atomic E-state index is 13.8. The number of benzene rings is 2. The summed E-state index contributed by atoms with van der Waals surface area (Å²) < 4.78 is 38.0. The first-order valence-electron chi connectivity index (χ1n) is 9.75. The fourth-order valence-corrected chi connectivity index (χ4v) is 4.21. The second-order valence-corrected chi connectivity index (χ2v) is 7.52. The monoisotopic (exact) mass is 416 g/mol. The normalized spacial score (nSPS) is 21.9. The number of anilines is 1. The van der Waals surface area contributed by atoms with Crippen molar-refractivity contribution < 1.29 is 27.8 Å². The molecule has 0 radical (unpaired) electrons. The molecule has 0 aliphatic carbocycles. The van der Waals surface area contributed by atoms with Crippen LogP contribution in [0, 0.1) is 17.6 Å². The number of ether oxygens (including phenoxy) is 2. The van der Waals surface area contributed by atoms with E-state index in [9.17, 15) is 18.4 Å². The maximum absolute atomic E-state index is 13.8. The molecule has 1 fully saturated rings. The van der Waals surface area contributed by atoms with Gasteiger partial charge in [-0.1, -0.05) is 12.1 Å². The molecule has 4 rings (SSSR count). The third-order valence-corrected chi connectivity index (χ3v) is 5.57. The van der Waals surface area contributed by atoms with Gasteiger partial charge in [0.05, 0.1) is 25.7 Å². The van der Waals surface area contributed by atoms with Gasteiger partial charge in [0.15, 0.2) is 0 Å². The van der Waals surface area contributed by atoms with Gasteiger partial charge in [-0.15, -0.1) is 0 Å².